The summed E-state index contributed by atoms with van der Waals surface area (Å²) in [4.78, 5) is -0.0136. The third-order valence-electron chi connectivity index (χ3n) is 3.08. The van der Waals surface area contributed by atoms with Gasteiger partial charge in [-0.05, 0) is 56.3 Å². The SMILES string of the molecule is CC(C)NS(=O)(=O)c1ccc(NS(=O)(=O)c2cccc(C#N)c2)cc1. The fourth-order valence-electron chi connectivity index (χ4n) is 2.03. The molecule has 0 bridgehead atoms. The lowest BCUT2D eigenvalue weighted by Crippen LogP contribution is -2.30. The third kappa shape index (κ3) is 4.79. The molecule has 0 spiro atoms. The van der Waals surface area contributed by atoms with E-state index in [2.05, 4.69) is 9.44 Å². The Bertz CT molecular complexity index is 1010. The highest BCUT2D eigenvalue weighted by atomic mass is 32.2. The van der Waals surface area contributed by atoms with E-state index in [1.54, 1.807) is 13.8 Å². The first-order chi connectivity index (χ1) is 11.6. The van der Waals surface area contributed by atoms with Crippen molar-refractivity contribution in [1.29, 1.82) is 5.26 Å². The van der Waals surface area contributed by atoms with Crippen molar-refractivity contribution in [2.75, 3.05) is 4.72 Å². The predicted molar refractivity (Wildman–Crippen MR) is 93.9 cm³/mol. The van der Waals surface area contributed by atoms with Crippen molar-refractivity contribution in [2.24, 2.45) is 0 Å². The summed E-state index contributed by atoms with van der Waals surface area (Å²) in [6.45, 7) is 3.41. The van der Waals surface area contributed by atoms with E-state index in [1.165, 1.54) is 48.5 Å². The van der Waals surface area contributed by atoms with E-state index in [4.69, 9.17) is 5.26 Å². The fraction of sp³-hybridized carbons (Fsp3) is 0.188. The Morgan fingerprint density at radius 2 is 1.56 bits per heavy atom. The van der Waals surface area contributed by atoms with Crippen LogP contribution in [0.25, 0.3) is 0 Å². The topological polar surface area (TPSA) is 116 Å². The molecule has 2 rings (SSSR count). The molecule has 0 aromatic heterocycles. The molecule has 132 valence electrons. The predicted octanol–water partition coefficient (Wildman–Crippen LogP) is 2.05. The number of nitriles is 1. The third-order valence-corrected chi connectivity index (χ3v) is 6.13. The Labute approximate surface area is 147 Å². The van der Waals surface area contributed by atoms with Gasteiger partial charge in [0.05, 0.1) is 21.4 Å². The van der Waals surface area contributed by atoms with Crippen molar-refractivity contribution < 1.29 is 16.8 Å². The fourth-order valence-corrected chi connectivity index (χ4v) is 4.38. The summed E-state index contributed by atoms with van der Waals surface area (Å²) in [5.41, 5.74) is 0.440. The molecule has 2 aromatic rings. The van der Waals surface area contributed by atoms with Gasteiger partial charge in [-0.15, -0.1) is 0 Å². The summed E-state index contributed by atoms with van der Waals surface area (Å²) >= 11 is 0. The molecule has 0 amide bonds. The van der Waals surface area contributed by atoms with Crippen LogP contribution in [-0.2, 0) is 20.0 Å². The first kappa shape index (κ1) is 18.9. The molecule has 0 aliphatic rings. The van der Waals surface area contributed by atoms with Gasteiger partial charge in [-0.25, -0.2) is 21.6 Å². The minimum absolute atomic E-state index is 0.0376. The van der Waals surface area contributed by atoms with E-state index >= 15 is 0 Å². The van der Waals surface area contributed by atoms with Crippen LogP contribution in [0.4, 0.5) is 5.69 Å². The molecule has 7 nitrogen and oxygen atoms in total. The van der Waals surface area contributed by atoms with Crippen LogP contribution in [0.1, 0.15) is 19.4 Å². The summed E-state index contributed by atoms with van der Waals surface area (Å²) in [5, 5.41) is 8.86. The van der Waals surface area contributed by atoms with Crippen LogP contribution in [0.3, 0.4) is 0 Å². The van der Waals surface area contributed by atoms with Crippen molar-refractivity contribution in [3.05, 3.63) is 54.1 Å². The highest BCUT2D eigenvalue weighted by molar-refractivity contribution is 7.92. The summed E-state index contributed by atoms with van der Waals surface area (Å²) < 4.78 is 53.6. The number of benzene rings is 2. The summed E-state index contributed by atoms with van der Waals surface area (Å²) in [5.74, 6) is 0. The lowest BCUT2D eigenvalue weighted by molar-refractivity contribution is 0.570. The Balaban J connectivity index is 2.25. The Kier molecular flexibility index (Phi) is 5.47. The lowest BCUT2D eigenvalue weighted by atomic mass is 10.2. The van der Waals surface area contributed by atoms with Gasteiger partial charge in [-0.3, -0.25) is 4.72 Å². The second-order valence-electron chi connectivity index (χ2n) is 5.55. The zero-order chi connectivity index (χ0) is 18.7. The summed E-state index contributed by atoms with van der Waals surface area (Å²) in [6.07, 6.45) is 0. The van der Waals surface area contributed by atoms with Gasteiger partial charge in [-0.1, -0.05) is 6.07 Å². The van der Waals surface area contributed by atoms with Crippen LogP contribution < -0.4 is 9.44 Å². The zero-order valence-corrected chi connectivity index (χ0v) is 15.2. The normalized spacial score (nSPS) is 11.9. The van der Waals surface area contributed by atoms with E-state index < -0.39 is 20.0 Å². The molecule has 0 aliphatic heterocycles. The quantitative estimate of drug-likeness (QED) is 0.797. The Morgan fingerprint density at radius 1 is 0.920 bits per heavy atom. The van der Waals surface area contributed by atoms with Gasteiger partial charge < -0.3 is 0 Å². The van der Waals surface area contributed by atoms with Crippen LogP contribution in [0.15, 0.2) is 58.3 Å². The smallest absolute Gasteiger partial charge is 0.261 e. The van der Waals surface area contributed by atoms with Gasteiger partial charge in [0, 0.05) is 11.7 Å². The molecule has 0 saturated heterocycles. The maximum absolute atomic E-state index is 12.3. The standard InChI is InChI=1S/C16H17N3O4S2/c1-12(2)18-24(20,21)15-8-6-14(7-9-15)19-25(22,23)16-5-3-4-13(10-16)11-17/h3-10,12,18-19H,1-2H3. The number of hydrogen-bond donors (Lipinski definition) is 2. The lowest BCUT2D eigenvalue weighted by Gasteiger charge is -2.11. The molecule has 0 aliphatic carbocycles. The molecule has 0 radical (unpaired) electrons. The maximum Gasteiger partial charge on any atom is 0.261 e. The molecule has 0 saturated carbocycles. The number of anilines is 1. The highest BCUT2D eigenvalue weighted by Gasteiger charge is 2.17. The summed E-state index contributed by atoms with van der Waals surface area (Å²) in [6, 6.07) is 12.6. The average molecular weight is 379 g/mol. The molecule has 0 fully saturated rings. The minimum Gasteiger partial charge on any atom is -0.280 e. The molecule has 0 atom stereocenters. The van der Waals surface area contributed by atoms with Crippen LogP contribution >= 0.6 is 0 Å². The van der Waals surface area contributed by atoms with Crippen molar-refractivity contribution in [1.82, 2.24) is 4.72 Å². The summed E-state index contributed by atoms with van der Waals surface area (Å²) in [7, 11) is -7.52. The molecular weight excluding hydrogens is 362 g/mol. The number of rotatable bonds is 6. The van der Waals surface area contributed by atoms with Crippen molar-refractivity contribution >= 4 is 25.7 Å². The number of sulfonamides is 2. The van der Waals surface area contributed by atoms with Gasteiger partial charge in [0.25, 0.3) is 10.0 Å². The average Bonchev–Trinajstić information content (AvgIpc) is 2.54. The van der Waals surface area contributed by atoms with E-state index in [-0.39, 0.29) is 27.1 Å². The molecule has 2 aromatic carbocycles. The van der Waals surface area contributed by atoms with Gasteiger partial charge in [0.1, 0.15) is 0 Å². The van der Waals surface area contributed by atoms with Crippen LogP contribution in [0.2, 0.25) is 0 Å². The molecule has 2 N–H and O–H groups in total. The highest BCUT2D eigenvalue weighted by Crippen LogP contribution is 2.19. The van der Waals surface area contributed by atoms with Gasteiger partial charge >= 0.3 is 0 Å². The number of nitrogens with zero attached hydrogens (tertiary/aromatic N) is 1. The van der Waals surface area contributed by atoms with E-state index in [0.717, 1.165) is 0 Å². The first-order valence-electron chi connectivity index (χ1n) is 7.29. The second-order valence-corrected chi connectivity index (χ2v) is 8.94. The monoisotopic (exact) mass is 379 g/mol. The zero-order valence-electron chi connectivity index (χ0n) is 13.6. The van der Waals surface area contributed by atoms with Gasteiger partial charge in [-0.2, -0.15) is 5.26 Å². The van der Waals surface area contributed by atoms with E-state index in [0.29, 0.717) is 0 Å². The number of nitrogens with one attached hydrogen (secondary N) is 2. The van der Waals surface area contributed by atoms with E-state index in [9.17, 15) is 16.8 Å². The molecule has 0 heterocycles. The Hall–Kier alpha value is -2.41. The maximum atomic E-state index is 12.3. The minimum atomic E-state index is -3.88. The first-order valence-corrected chi connectivity index (χ1v) is 10.3. The van der Waals surface area contributed by atoms with Gasteiger partial charge in [0.15, 0.2) is 0 Å². The van der Waals surface area contributed by atoms with Crippen molar-refractivity contribution in [3.8, 4) is 6.07 Å². The molecule has 9 heteroatoms. The second kappa shape index (κ2) is 7.23. The van der Waals surface area contributed by atoms with Gasteiger partial charge in [0.2, 0.25) is 10.0 Å². The van der Waals surface area contributed by atoms with Crippen molar-refractivity contribution in [3.63, 3.8) is 0 Å². The van der Waals surface area contributed by atoms with Crippen LogP contribution in [-0.4, -0.2) is 22.9 Å². The molecule has 0 unspecified atom stereocenters. The van der Waals surface area contributed by atoms with Crippen LogP contribution in [0, 0.1) is 11.3 Å². The molecular formula is C16H17N3O4S2. The van der Waals surface area contributed by atoms with E-state index in [1.807, 2.05) is 6.07 Å². The Morgan fingerprint density at radius 3 is 2.12 bits per heavy atom. The van der Waals surface area contributed by atoms with Crippen molar-refractivity contribution in [2.45, 2.75) is 29.7 Å². The largest absolute Gasteiger partial charge is 0.280 e. The van der Waals surface area contributed by atoms with Crippen LogP contribution in [0.5, 0.6) is 0 Å². The number of hydrogen-bond acceptors (Lipinski definition) is 5. The molecule has 25 heavy (non-hydrogen) atoms.